The van der Waals surface area contributed by atoms with E-state index in [4.69, 9.17) is 12.2 Å². The second-order valence-corrected chi connectivity index (χ2v) is 6.09. The molecular formula is C16H16FN3OS2. The fourth-order valence-electron chi connectivity index (χ4n) is 1.74. The standard InChI is InChI=1S/C16H16FN3OS2/c1-11-6-2-5-9-14(11)23-10-15(21)19-20-16(22)18-13-8-4-3-7-12(13)17/h2-9H,10H2,1H3,(H,19,21)(H2,18,20,22). The Morgan fingerprint density at radius 3 is 2.57 bits per heavy atom. The minimum atomic E-state index is -0.418. The molecule has 0 radical (unpaired) electrons. The molecule has 2 rings (SSSR count). The lowest BCUT2D eigenvalue weighted by Gasteiger charge is -2.12. The average Bonchev–Trinajstić information content (AvgIpc) is 2.54. The van der Waals surface area contributed by atoms with Crippen LogP contribution in [0, 0.1) is 12.7 Å². The minimum Gasteiger partial charge on any atom is -0.329 e. The van der Waals surface area contributed by atoms with E-state index in [1.54, 1.807) is 18.2 Å². The molecule has 7 heteroatoms. The first-order valence-corrected chi connectivity index (χ1v) is 8.24. The van der Waals surface area contributed by atoms with Crippen LogP contribution in [0.1, 0.15) is 5.56 Å². The number of amides is 1. The second kappa shape index (κ2) is 8.50. The van der Waals surface area contributed by atoms with Gasteiger partial charge in [0.25, 0.3) is 0 Å². The van der Waals surface area contributed by atoms with Crippen molar-refractivity contribution in [1.29, 1.82) is 0 Å². The Hall–Kier alpha value is -2.12. The number of nitrogens with one attached hydrogen (secondary N) is 3. The molecule has 0 aromatic heterocycles. The van der Waals surface area contributed by atoms with Gasteiger partial charge in [-0.3, -0.25) is 15.6 Å². The zero-order chi connectivity index (χ0) is 16.7. The van der Waals surface area contributed by atoms with Crippen LogP contribution in [-0.4, -0.2) is 16.8 Å². The zero-order valence-electron chi connectivity index (χ0n) is 12.4. The highest BCUT2D eigenvalue weighted by Crippen LogP contribution is 2.21. The van der Waals surface area contributed by atoms with E-state index in [1.165, 1.54) is 17.8 Å². The third-order valence-corrected chi connectivity index (χ3v) is 4.27. The fraction of sp³-hybridized carbons (Fsp3) is 0.125. The second-order valence-electron chi connectivity index (χ2n) is 4.66. The molecule has 0 aliphatic heterocycles. The Kier molecular flexibility index (Phi) is 6.37. The van der Waals surface area contributed by atoms with Crippen molar-refractivity contribution < 1.29 is 9.18 Å². The SMILES string of the molecule is Cc1ccccc1SCC(=O)NNC(=S)Nc1ccccc1F. The molecule has 0 saturated carbocycles. The molecular weight excluding hydrogens is 333 g/mol. The van der Waals surface area contributed by atoms with E-state index >= 15 is 0 Å². The van der Waals surface area contributed by atoms with Crippen LogP contribution in [0.15, 0.2) is 53.4 Å². The summed E-state index contributed by atoms with van der Waals surface area (Å²) in [5.41, 5.74) is 6.39. The van der Waals surface area contributed by atoms with Gasteiger partial charge in [0, 0.05) is 4.90 Å². The number of thioether (sulfide) groups is 1. The van der Waals surface area contributed by atoms with E-state index in [0.29, 0.717) is 0 Å². The van der Waals surface area contributed by atoms with E-state index in [-0.39, 0.29) is 22.5 Å². The number of anilines is 1. The van der Waals surface area contributed by atoms with Crippen LogP contribution < -0.4 is 16.2 Å². The van der Waals surface area contributed by atoms with Crippen LogP contribution >= 0.6 is 24.0 Å². The molecule has 0 aliphatic rings. The molecule has 120 valence electrons. The summed E-state index contributed by atoms with van der Waals surface area (Å²) < 4.78 is 13.5. The van der Waals surface area contributed by atoms with Crippen LogP contribution in [0.4, 0.5) is 10.1 Å². The molecule has 1 amide bonds. The Labute approximate surface area is 143 Å². The van der Waals surface area contributed by atoms with Gasteiger partial charge in [0.05, 0.1) is 11.4 Å². The minimum absolute atomic E-state index is 0.115. The van der Waals surface area contributed by atoms with Gasteiger partial charge in [-0.2, -0.15) is 0 Å². The lowest BCUT2D eigenvalue weighted by Crippen LogP contribution is -2.44. The van der Waals surface area contributed by atoms with Crippen LogP contribution in [0.25, 0.3) is 0 Å². The van der Waals surface area contributed by atoms with Gasteiger partial charge in [0.15, 0.2) is 5.11 Å². The van der Waals surface area contributed by atoms with Gasteiger partial charge in [-0.15, -0.1) is 11.8 Å². The molecule has 0 atom stereocenters. The number of hydrazine groups is 1. The topological polar surface area (TPSA) is 53.2 Å². The Morgan fingerprint density at radius 1 is 1.13 bits per heavy atom. The predicted molar refractivity (Wildman–Crippen MR) is 95.8 cm³/mol. The normalized spacial score (nSPS) is 10.0. The van der Waals surface area contributed by atoms with Crippen molar-refractivity contribution in [3.8, 4) is 0 Å². The van der Waals surface area contributed by atoms with Crippen molar-refractivity contribution in [1.82, 2.24) is 10.9 Å². The van der Waals surface area contributed by atoms with Crippen LogP contribution in [0.5, 0.6) is 0 Å². The van der Waals surface area contributed by atoms with E-state index in [2.05, 4.69) is 16.2 Å². The van der Waals surface area contributed by atoms with Crippen LogP contribution in [0.3, 0.4) is 0 Å². The summed E-state index contributed by atoms with van der Waals surface area (Å²) in [5.74, 6) is -0.394. The molecule has 0 aliphatic carbocycles. The number of benzene rings is 2. The first-order chi connectivity index (χ1) is 11.1. The molecule has 0 bridgehead atoms. The zero-order valence-corrected chi connectivity index (χ0v) is 14.1. The molecule has 2 aromatic carbocycles. The Bertz CT molecular complexity index is 709. The Balaban J connectivity index is 1.75. The van der Waals surface area contributed by atoms with Gasteiger partial charge in [0.2, 0.25) is 5.91 Å². The average molecular weight is 349 g/mol. The molecule has 3 N–H and O–H groups in total. The summed E-state index contributed by atoms with van der Waals surface area (Å²) in [5, 5.41) is 2.79. The summed E-state index contributed by atoms with van der Waals surface area (Å²) in [4.78, 5) is 12.8. The number of carbonyl (C=O) groups is 1. The summed E-state index contributed by atoms with van der Waals surface area (Å²) in [6, 6.07) is 14.0. The first kappa shape index (κ1) is 17.2. The largest absolute Gasteiger partial charge is 0.329 e. The maximum Gasteiger partial charge on any atom is 0.248 e. The van der Waals surface area contributed by atoms with E-state index in [9.17, 15) is 9.18 Å². The lowest BCUT2D eigenvalue weighted by molar-refractivity contribution is -0.119. The van der Waals surface area contributed by atoms with Crippen LogP contribution in [0.2, 0.25) is 0 Å². The third kappa shape index (κ3) is 5.54. The quantitative estimate of drug-likeness (QED) is 0.449. The summed E-state index contributed by atoms with van der Waals surface area (Å²) >= 11 is 6.44. The molecule has 0 heterocycles. The molecule has 4 nitrogen and oxygen atoms in total. The van der Waals surface area contributed by atoms with Crippen molar-refractivity contribution in [3.05, 3.63) is 59.9 Å². The molecule has 0 fully saturated rings. The van der Waals surface area contributed by atoms with Crippen molar-refractivity contribution in [2.45, 2.75) is 11.8 Å². The van der Waals surface area contributed by atoms with Crippen molar-refractivity contribution in [3.63, 3.8) is 0 Å². The number of hydrogen-bond donors (Lipinski definition) is 3. The number of carbonyl (C=O) groups excluding carboxylic acids is 1. The van der Waals surface area contributed by atoms with Gasteiger partial charge < -0.3 is 5.32 Å². The summed E-state index contributed by atoms with van der Waals surface area (Å²) in [6.45, 7) is 1.99. The van der Waals surface area contributed by atoms with E-state index in [1.807, 2.05) is 31.2 Å². The number of halogens is 1. The lowest BCUT2D eigenvalue weighted by atomic mass is 10.2. The molecule has 0 saturated heterocycles. The maximum atomic E-state index is 13.5. The van der Waals surface area contributed by atoms with Crippen LogP contribution in [-0.2, 0) is 4.79 Å². The van der Waals surface area contributed by atoms with E-state index in [0.717, 1.165) is 10.5 Å². The van der Waals surface area contributed by atoms with Crippen molar-refractivity contribution in [2.24, 2.45) is 0 Å². The number of aryl methyl sites for hydroxylation is 1. The number of rotatable bonds is 4. The first-order valence-electron chi connectivity index (χ1n) is 6.85. The predicted octanol–water partition coefficient (Wildman–Crippen LogP) is 3.24. The monoisotopic (exact) mass is 349 g/mol. The highest BCUT2D eigenvalue weighted by molar-refractivity contribution is 8.00. The molecule has 23 heavy (non-hydrogen) atoms. The summed E-state index contributed by atoms with van der Waals surface area (Å²) in [6.07, 6.45) is 0. The van der Waals surface area contributed by atoms with Gasteiger partial charge in [0.1, 0.15) is 5.82 Å². The number of hydrogen-bond acceptors (Lipinski definition) is 3. The Morgan fingerprint density at radius 2 is 1.83 bits per heavy atom. The smallest absolute Gasteiger partial charge is 0.248 e. The number of thiocarbonyl (C=S) groups is 1. The summed E-state index contributed by atoms with van der Waals surface area (Å²) in [7, 11) is 0. The van der Waals surface area contributed by atoms with Crippen molar-refractivity contribution in [2.75, 3.05) is 11.1 Å². The highest BCUT2D eigenvalue weighted by atomic mass is 32.2. The van der Waals surface area contributed by atoms with Gasteiger partial charge in [-0.1, -0.05) is 30.3 Å². The highest BCUT2D eigenvalue weighted by Gasteiger charge is 2.06. The third-order valence-electron chi connectivity index (χ3n) is 2.89. The molecule has 2 aromatic rings. The molecule has 0 spiro atoms. The maximum absolute atomic E-state index is 13.5. The fourth-order valence-corrected chi connectivity index (χ4v) is 2.73. The number of para-hydroxylation sites is 1. The van der Waals surface area contributed by atoms with Gasteiger partial charge in [-0.25, -0.2) is 4.39 Å². The van der Waals surface area contributed by atoms with Crippen molar-refractivity contribution >= 4 is 40.7 Å². The van der Waals surface area contributed by atoms with E-state index < -0.39 is 5.82 Å². The van der Waals surface area contributed by atoms with Gasteiger partial charge >= 0.3 is 0 Å². The molecule has 0 unspecified atom stereocenters. The van der Waals surface area contributed by atoms with Gasteiger partial charge in [-0.05, 0) is 42.9 Å².